The topological polar surface area (TPSA) is 71.1 Å². The minimum Gasteiger partial charge on any atom is -0.375 e. The Morgan fingerprint density at radius 3 is 2.28 bits per heavy atom. The highest BCUT2D eigenvalue weighted by Gasteiger charge is 2.13. The fraction of sp³-hybridized carbons (Fsp3) is 0.158. The smallest absolute Gasteiger partial charge is 0.277 e. The van der Waals surface area contributed by atoms with Gasteiger partial charge in [0.2, 0.25) is 0 Å². The van der Waals surface area contributed by atoms with Crippen molar-refractivity contribution in [2.24, 2.45) is 10.2 Å². The second-order valence-electron chi connectivity index (χ2n) is 5.64. The average Bonchev–Trinajstić information content (AvgIpc) is 2.65. The van der Waals surface area contributed by atoms with Crippen LogP contribution in [0.15, 0.2) is 70.9 Å². The molecular weight excluding hydrogens is 316 g/mol. The number of non-ortho nitro benzene ring substituents is 1. The molecule has 3 aromatic carbocycles. The molecule has 3 aromatic rings. The third kappa shape index (κ3) is 3.47. The predicted molar refractivity (Wildman–Crippen MR) is 100 cm³/mol. The van der Waals surface area contributed by atoms with Gasteiger partial charge in [-0.05, 0) is 43.3 Å². The number of azo groups is 1. The summed E-state index contributed by atoms with van der Waals surface area (Å²) in [6.45, 7) is 3.02. The van der Waals surface area contributed by atoms with Crippen molar-refractivity contribution in [1.29, 1.82) is 0 Å². The number of nitro groups is 1. The molecule has 0 N–H and O–H groups in total. The third-order valence-corrected chi connectivity index (χ3v) is 4.11. The van der Waals surface area contributed by atoms with Crippen LogP contribution in [0.25, 0.3) is 10.8 Å². The Kier molecular flexibility index (Phi) is 4.70. The summed E-state index contributed by atoms with van der Waals surface area (Å²) in [7, 11) is 2.03. The van der Waals surface area contributed by atoms with E-state index in [1.165, 1.54) is 6.07 Å². The van der Waals surface area contributed by atoms with E-state index in [-0.39, 0.29) is 10.6 Å². The minimum absolute atomic E-state index is 0.0708. The molecule has 0 amide bonds. The molecule has 0 aliphatic heterocycles. The molecule has 0 atom stereocenters. The summed E-state index contributed by atoms with van der Waals surface area (Å²) in [6.07, 6.45) is 0. The second kappa shape index (κ2) is 7.09. The lowest BCUT2D eigenvalue weighted by atomic mass is 10.1. The maximum absolute atomic E-state index is 11.2. The Morgan fingerprint density at radius 2 is 1.64 bits per heavy atom. The van der Waals surface area contributed by atoms with Crippen molar-refractivity contribution in [2.75, 3.05) is 18.5 Å². The van der Waals surface area contributed by atoms with Crippen LogP contribution in [0.4, 0.5) is 22.7 Å². The van der Waals surface area contributed by atoms with E-state index in [0.717, 1.165) is 17.9 Å². The van der Waals surface area contributed by atoms with Crippen molar-refractivity contribution < 1.29 is 4.92 Å². The lowest BCUT2D eigenvalue weighted by Gasteiger charge is -2.16. The number of nitrogens with zero attached hydrogens (tertiary/aromatic N) is 4. The van der Waals surface area contributed by atoms with Crippen molar-refractivity contribution in [1.82, 2.24) is 0 Å². The quantitative estimate of drug-likeness (QED) is 0.345. The predicted octanol–water partition coefficient (Wildman–Crippen LogP) is 5.62. The number of anilines is 1. The van der Waals surface area contributed by atoms with Crippen LogP contribution in [0.2, 0.25) is 0 Å². The summed E-state index contributed by atoms with van der Waals surface area (Å²) >= 11 is 0. The molecule has 0 aromatic heterocycles. The summed E-state index contributed by atoms with van der Waals surface area (Å²) in [5.74, 6) is 0. The second-order valence-corrected chi connectivity index (χ2v) is 5.64. The molecule has 0 aliphatic rings. The number of rotatable bonds is 5. The van der Waals surface area contributed by atoms with Crippen LogP contribution in [0.3, 0.4) is 0 Å². The number of nitro benzene ring substituents is 1. The van der Waals surface area contributed by atoms with Crippen LogP contribution in [-0.2, 0) is 0 Å². The Bertz CT molecular complexity index is 936. The van der Waals surface area contributed by atoms with Gasteiger partial charge in [-0.15, -0.1) is 5.11 Å². The molecule has 25 heavy (non-hydrogen) atoms. The van der Waals surface area contributed by atoms with E-state index in [1.54, 1.807) is 18.2 Å². The van der Waals surface area contributed by atoms with Gasteiger partial charge in [-0.3, -0.25) is 10.1 Å². The molecule has 0 saturated heterocycles. The molecule has 0 radical (unpaired) electrons. The van der Waals surface area contributed by atoms with Gasteiger partial charge in [-0.25, -0.2) is 0 Å². The molecule has 0 fully saturated rings. The molecule has 3 rings (SSSR count). The number of fused-ring (bicyclic) bond motifs is 1. The zero-order chi connectivity index (χ0) is 17.8. The van der Waals surface area contributed by atoms with E-state index in [0.29, 0.717) is 16.5 Å². The first-order valence-electron chi connectivity index (χ1n) is 7.99. The molecule has 0 unspecified atom stereocenters. The van der Waals surface area contributed by atoms with Gasteiger partial charge in [0.25, 0.3) is 5.69 Å². The van der Waals surface area contributed by atoms with Gasteiger partial charge < -0.3 is 4.90 Å². The van der Waals surface area contributed by atoms with Gasteiger partial charge in [0, 0.05) is 30.7 Å². The fourth-order valence-corrected chi connectivity index (χ4v) is 2.58. The van der Waals surface area contributed by atoms with Crippen LogP contribution < -0.4 is 4.90 Å². The first kappa shape index (κ1) is 16.6. The van der Waals surface area contributed by atoms with E-state index in [4.69, 9.17) is 0 Å². The number of hydrogen-bond acceptors (Lipinski definition) is 5. The monoisotopic (exact) mass is 334 g/mol. The van der Waals surface area contributed by atoms with Gasteiger partial charge in [0.1, 0.15) is 0 Å². The maximum atomic E-state index is 11.2. The molecular formula is C19H18N4O2. The first-order valence-corrected chi connectivity index (χ1v) is 7.99. The van der Waals surface area contributed by atoms with Gasteiger partial charge >= 0.3 is 0 Å². The lowest BCUT2D eigenvalue weighted by molar-refractivity contribution is -0.383. The van der Waals surface area contributed by atoms with Crippen LogP contribution >= 0.6 is 0 Å². The Morgan fingerprint density at radius 1 is 0.960 bits per heavy atom. The normalized spacial score (nSPS) is 11.1. The van der Waals surface area contributed by atoms with E-state index < -0.39 is 0 Å². The third-order valence-electron chi connectivity index (χ3n) is 4.11. The van der Waals surface area contributed by atoms with Crippen molar-refractivity contribution in [3.05, 3.63) is 70.8 Å². The van der Waals surface area contributed by atoms with Crippen LogP contribution in [-0.4, -0.2) is 18.5 Å². The molecule has 0 heterocycles. The SMILES string of the molecule is CCN(C)c1ccc(N=Nc2ccc([N+](=O)[O-])c3ccccc23)cc1. The van der Waals surface area contributed by atoms with Crippen LogP contribution in [0.5, 0.6) is 0 Å². The zero-order valence-corrected chi connectivity index (χ0v) is 14.1. The number of benzene rings is 3. The first-order chi connectivity index (χ1) is 12.1. The molecule has 6 heteroatoms. The van der Waals surface area contributed by atoms with E-state index >= 15 is 0 Å². The maximum Gasteiger partial charge on any atom is 0.277 e. The highest BCUT2D eigenvalue weighted by molar-refractivity contribution is 5.98. The van der Waals surface area contributed by atoms with Gasteiger partial charge in [0.15, 0.2) is 0 Å². The molecule has 0 spiro atoms. The van der Waals surface area contributed by atoms with Crippen molar-refractivity contribution in [2.45, 2.75) is 6.92 Å². The lowest BCUT2D eigenvalue weighted by Crippen LogP contribution is -2.15. The van der Waals surface area contributed by atoms with Gasteiger partial charge in [-0.1, -0.05) is 18.2 Å². The summed E-state index contributed by atoms with van der Waals surface area (Å²) in [5, 5.41) is 21.0. The minimum atomic E-state index is -0.383. The van der Waals surface area contributed by atoms with Crippen molar-refractivity contribution >= 4 is 33.5 Å². The standard InChI is InChI=1S/C19H18N4O2/c1-3-22(2)15-10-8-14(9-11-15)20-21-18-12-13-19(23(24)25)17-7-5-4-6-16(17)18/h4-13H,3H2,1-2H3. The van der Waals surface area contributed by atoms with Crippen molar-refractivity contribution in [3.63, 3.8) is 0 Å². The largest absolute Gasteiger partial charge is 0.375 e. The summed E-state index contributed by atoms with van der Waals surface area (Å²) < 4.78 is 0. The highest BCUT2D eigenvalue weighted by Crippen LogP contribution is 2.33. The van der Waals surface area contributed by atoms with Gasteiger partial charge in [-0.2, -0.15) is 5.11 Å². The summed E-state index contributed by atoms with van der Waals surface area (Å²) in [6, 6.07) is 18.0. The zero-order valence-electron chi connectivity index (χ0n) is 14.1. The summed E-state index contributed by atoms with van der Waals surface area (Å²) in [5.41, 5.74) is 2.52. The molecule has 0 aliphatic carbocycles. The summed E-state index contributed by atoms with van der Waals surface area (Å²) in [4.78, 5) is 12.9. The fourth-order valence-electron chi connectivity index (χ4n) is 2.58. The van der Waals surface area contributed by atoms with E-state index in [1.807, 2.05) is 43.4 Å². The van der Waals surface area contributed by atoms with E-state index in [9.17, 15) is 10.1 Å². The van der Waals surface area contributed by atoms with E-state index in [2.05, 4.69) is 22.1 Å². The van der Waals surface area contributed by atoms with Gasteiger partial charge in [0.05, 0.1) is 21.7 Å². The van der Waals surface area contributed by atoms with Crippen LogP contribution in [0.1, 0.15) is 6.92 Å². The van der Waals surface area contributed by atoms with Crippen molar-refractivity contribution in [3.8, 4) is 0 Å². The van der Waals surface area contributed by atoms with Crippen LogP contribution in [0, 0.1) is 10.1 Å². The average molecular weight is 334 g/mol. The molecule has 0 saturated carbocycles. The Labute approximate surface area is 145 Å². The highest BCUT2D eigenvalue weighted by atomic mass is 16.6. The Hall–Kier alpha value is -3.28. The molecule has 126 valence electrons. The molecule has 0 bridgehead atoms. The Balaban J connectivity index is 1.94. The molecule has 6 nitrogen and oxygen atoms in total. The number of hydrogen-bond donors (Lipinski definition) is 0.